The minimum Gasteiger partial charge on any atom is -0.493 e. The van der Waals surface area contributed by atoms with Crippen molar-refractivity contribution >= 4 is 14.2 Å². The number of hydrogen-bond acceptors (Lipinski definition) is 4. The Bertz CT molecular complexity index is 1050. The second-order valence-corrected chi connectivity index (χ2v) is 14.9. The van der Waals surface area contributed by atoms with E-state index in [0.29, 0.717) is 18.7 Å². The first-order valence-electron chi connectivity index (χ1n) is 11.8. The SMILES string of the molecule is C[C@H](O[Si](C)(C)C(C)(C)C)[C@@H](CCOc1ccccc1-c1ccccc1)NC(=O)c1cnc[nH]1. The summed E-state index contributed by atoms with van der Waals surface area (Å²) in [6.07, 6.45) is 3.47. The summed E-state index contributed by atoms with van der Waals surface area (Å²) in [6.45, 7) is 13.6. The molecule has 0 fully saturated rings. The van der Waals surface area contributed by atoms with Gasteiger partial charge in [0.2, 0.25) is 0 Å². The average molecular weight is 480 g/mol. The molecular formula is C27H37N3O3Si. The second-order valence-electron chi connectivity index (χ2n) is 10.1. The Morgan fingerprint density at radius 2 is 1.76 bits per heavy atom. The molecule has 7 heteroatoms. The number of H-pyrrole nitrogens is 1. The zero-order chi connectivity index (χ0) is 24.8. The molecule has 0 bridgehead atoms. The highest BCUT2D eigenvalue weighted by molar-refractivity contribution is 6.74. The molecule has 0 aliphatic rings. The summed E-state index contributed by atoms with van der Waals surface area (Å²) >= 11 is 0. The number of aromatic nitrogens is 2. The van der Waals surface area contributed by atoms with Crippen LogP contribution < -0.4 is 10.1 Å². The van der Waals surface area contributed by atoms with Crippen LogP contribution >= 0.6 is 0 Å². The van der Waals surface area contributed by atoms with Crippen LogP contribution in [-0.2, 0) is 4.43 Å². The monoisotopic (exact) mass is 479 g/mol. The maximum Gasteiger partial charge on any atom is 0.269 e. The van der Waals surface area contributed by atoms with Crippen molar-refractivity contribution in [1.29, 1.82) is 0 Å². The number of ether oxygens (including phenoxy) is 1. The van der Waals surface area contributed by atoms with Crippen LogP contribution in [0.2, 0.25) is 18.1 Å². The van der Waals surface area contributed by atoms with Crippen molar-refractivity contribution in [2.45, 2.75) is 64.4 Å². The molecule has 34 heavy (non-hydrogen) atoms. The Kier molecular flexibility index (Phi) is 8.33. The van der Waals surface area contributed by atoms with Gasteiger partial charge < -0.3 is 19.5 Å². The Morgan fingerprint density at radius 3 is 2.41 bits per heavy atom. The second kappa shape index (κ2) is 11.0. The van der Waals surface area contributed by atoms with E-state index in [-0.39, 0.29) is 23.1 Å². The van der Waals surface area contributed by atoms with Crippen molar-refractivity contribution < 1.29 is 14.0 Å². The largest absolute Gasteiger partial charge is 0.493 e. The molecule has 1 amide bonds. The van der Waals surface area contributed by atoms with E-state index in [4.69, 9.17) is 9.16 Å². The Balaban J connectivity index is 1.72. The van der Waals surface area contributed by atoms with E-state index in [1.165, 1.54) is 12.5 Å². The number of hydrogen-bond donors (Lipinski definition) is 2. The molecule has 3 rings (SSSR count). The summed E-state index contributed by atoms with van der Waals surface area (Å²) in [5, 5.41) is 3.21. The molecule has 1 aromatic heterocycles. The van der Waals surface area contributed by atoms with Gasteiger partial charge >= 0.3 is 0 Å². The third-order valence-corrected chi connectivity index (χ3v) is 11.1. The van der Waals surface area contributed by atoms with Gasteiger partial charge in [0.05, 0.1) is 31.3 Å². The number of nitrogens with one attached hydrogen (secondary N) is 2. The standard InChI is InChI=1S/C27H37N3O3Si/c1-20(33-34(5,6)27(2,3)4)23(30-26(31)24-18-28-19-29-24)16-17-32-25-15-11-10-14-22(25)21-12-8-7-9-13-21/h7-15,18-20,23H,16-17H2,1-6H3,(H,28,29)(H,30,31)/t20-,23+/m0/s1. The normalized spacial score (nSPS) is 13.8. The highest BCUT2D eigenvalue weighted by atomic mass is 28.4. The Labute approximate surface area is 204 Å². The number of nitrogens with zero attached hydrogens (tertiary/aromatic N) is 1. The van der Waals surface area contributed by atoms with Gasteiger partial charge in [-0.1, -0.05) is 69.3 Å². The van der Waals surface area contributed by atoms with Gasteiger partial charge in [0, 0.05) is 12.0 Å². The fraction of sp³-hybridized carbons (Fsp3) is 0.407. The number of carbonyl (C=O) groups excluding carboxylic acids is 1. The van der Waals surface area contributed by atoms with Gasteiger partial charge in [0.15, 0.2) is 8.32 Å². The zero-order valence-electron chi connectivity index (χ0n) is 21.1. The molecule has 6 nitrogen and oxygen atoms in total. The van der Waals surface area contributed by atoms with Crippen LogP contribution in [0.3, 0.4) is 0 Å². The molecule has 0 unspecified atom stereocenters. The highest BCUT2D eigenvalue weighted by Crippen LogP contribution is 2.37. The van der Waals surface area contributed by atoms with Crippen LogP contribution in [0.25, 0.3) is 11.1 Å². The van der Waals surface area contributed by atoms with Crippen molar-refractivity contribution in [2.75, 3.05) is 6.61 Å². The molecule has 2 N–H and O–H groups in total. The molecule has 2 aromatic carbocycles. The lowest BCUT2D eigenvalue weighted by atomic mass is 10.0. The lowest BCUT2D eigenvalue weighted by molar-refractivity contribution is 0.0842. The zero-order valence-corrected chi connectivity index (χ0v) is 22.1. The number of benzene rings is 2. The van der Waals surface area contributed by atoms with Crippen LogP contribution in [0.1, 0.15) is 44.6 Å². The number of aromatic amines is 1. The highest BCUT2D eigenvalue weighted by Gasteiger charge is 2.40. The molecule has 0 saturated carbocycles. The van der Waals surface area contributed by atoms with Crippen molar-refractivity contribution in [3.8, 4) is 16.9 Å². The third kappa shape index (κ3) is 6.58. The summed E-state index contributed by atoms with van der Waals surface area (Å²) in [4.78, 5) is 19.6. The van der Waals surface area contributed by atoms with Crippen LogP contribution in [0.5, 0.6) is 5.75 Å². The van der Waals surface area contributed by atoms with Crippen LogP contribution in [0, 0.1) is 0 Å². The number of rotatable bonds is 10. The summed E-state index contributed by atoms with van der Waals surface area (Å²) in [7, 11) is -2.02. The minimum atomic E-state index is -2.02. The number of carbonyl (C=O) groups is 1. The summed E-state index contributed by atoms with van der Waals surface area (Å²) < 4.78 is 12.8. The van der Waals surface area contributed by atoms with Gasteiger partial charge in [-0.2, -0.15) is 0 Å². The summed E-state index contributed by atoms with van der Waals surface area (Å²) in [5.74, 6) is 0.628. The molecule has 0 aliphatic heterocycles. The van der Waals surface area contributed by atoms with Crippen molar-refractivity contribution in [2.24, 2.45) is 0 Å². The van der Waals surface area contributed by atoms with Crippen LogP contribution in [0.4, 0.5) is 0 Å². The van der Waals surface area contributed by atoms with Gasteiger partial charge in [-0.25, -0.2) is 4.98 Å². The maximum atomic E-state index is 12.8. The molecule has 3 aromatic rings. The predicted molar refractivity (Wildman–Crippen MR) is 140 cm³/mol. The van der Waals surface area contributed by atoms with E-state index in [2.05, 4.69) is 67.3 Å². The van der Waals surface area contributed by atoms with Crippen LogP contribution in [0.15, 0.2) is 67.1 Å². The lowest BCUT2D eigenvalue weighted by Crippen LogP contribution is -2.51. The topological polar surface area (TPSA) is 76.2 Å². The van der Waals surface area contributed by atoms with Gasteiger partial charge in [0.25, 0.3) is 5.91 Å². The van der Waals surface area contributed by atoms with E-state index < -0.39 is 8.32 Å². The van der Waals surface area contributed by atoms with Gasteiger partial charge in [-0.3, -0.25) is 4.79 Å². The molecule has 1 heterocycles. The van der Waals surface area contributed by atoms with E-state index in [0.717, 1.165) is 16.9 Å². The number of amides is 1. The van der Waals surface area contributed by atoms with Gasteiger partial charge in [0.1, 0.15) is 11.4 Å². The third-order valence-electron chi connectivity index (χ3n) is 6.57. The first-order chi connectivity index (χ1) is 16.1. The van der Waals surface area contributed by atoms with Crippen molar-refractivity contribution in [1.82, 2.24) is 15.3 Å². The fourth-order valence-electron chi connectivity index (χ4n) is 3.52. The van der Waals surface area contributed by atoms with Gasteiger partial charge in [-0.05, 0) is 36.7 Å². The number of imidazole rings is 1. The van der Waals surface area contributed by atoms with Gasteiger partial charge in [-0.15, -0.1) is 0 Å². The molecule has 0 spiro atoms. The minimum absolute atomic E-state index is 0.0737. The molecular weight excluding hydrogens is 442 g/mol. The molecule has 0 aliphatic carbocycles. The van der Waals surface area contributed by atoms with Crippen molar-refractivity contribution in [3.05, 3.63) is 72.8 Å². The smallest absolute Gasteiger partial charge is 0.269 e. The Hall–Kier alpha value is -2.90. The first-order valence-corrected chi connectivity index (χ1v) is 14.7. The van der Waals surface area contributed by atoms with E-state index in [1.807, 2.05) is 43.3 Å². The fourth-order valence-corrected chi connectivity index (χ4v) is 4.97. The lowest BCUT2D eigenvalue weighted by Gasteiger charge is -2.40. The average Bonchev–Trinajstić information content (AvgIpc) is 3.33. The van der Waals surface area contributed by atoms with Crippen molar-refractivity contribution in [3.63, 3.8) is 0 Å². The summed E-state index contributed by atoms with van der Waals surface area (Å²) in [6, 6.07) is 18.0. The predicted octanol–water partition coefficient (Wildman–Crippen LogP) is 6.05. The molecule has 182 valence electrons. The Morgan fingerprint density at radius 1 is 1.09 bits per heavy atom. The number of para-hydroxylation sites is 1. The maximum absolute atomic E-state index is 12.8. The molecule has 2 atom stereocenters. The molecule has 0 radical (unpaired) electrons. The quantitative estimate of drug-likeness (QED) is 0.347. The van der Waals surface area contributed by atoms with Crippen LogP contribution in [-0.4, -0.2) is 42.9 Å². The summed E-state index contributed by atoms with van der Waals surface area (Å²) in [5.41, 5.74) is 2.59. The molecule has 0 saturated heterocycles. The first kappa shape index (κ1) is 25.7. The van der Waals surface area contributed by atoms with E-state index in [1.54, 1.807) is 0 Å². The van der Waals surface area contributed by atoms with E-state index >= 15 is 0 Å². The van der Waals surface area contributed by atoms with E-state index in [9.17, 15) is 4.79 Å².